The van der Waals surface area contributed by atoms with Gasteiger partial charge < -0.3 is 0 Å². The third kappa shape index (κ3) is 4.04. The molecule has 0 aliphatic carbocycles. The molecule has 100 valence electrons. The lowest BCUT2D eigenvalue weighted by Gasteiger charge is -2.08. The van der Waals surface area contributed by atoms with Crippen LogP contribution in [0.1, 0.15) is 5.56 Å². The highest BCUT2D eigenvalue weighted by molar-refractivity contribution is 9.10. The molecular weight excluding hydrogens is 333 g/mol. The van der Waals surface area contributed by atoms with Crippen LogP contribution in [0.3, 0.4) is 0 Å². The maximum absolute atomic E-state index is 13.4. The SMILES string of the molecule is O=S(=O)(Cc1ccc(Br)cc1)Nc1ccccc1F. The van der Waals surface area contributed by atoms with Crippen LogP contribution in [0.5, 0.6) is 0 Å². The molecule has 0 radical (unpaired) electrons. The predicted octanol–water partition coefficient (Wildman–Crippen LogP) is 3.53. The standard InChI is InChI=1S/C13H11BrFNO2S/c14-11-7-5-10(6-8-11)9-19(17,18)16-13-4-2-1-3-12(13)15/h1-8,16H,9H2. The van der Waals surface area contributed by atoms with Crippen molar-refractivity contribution in [2.75, 3.05) is 4.72 Å². The van der Waals surface area contributed by atoms with Crippen LogP contribution >= 0.6 is 15.9 Å². The number of sulfonamides is 1. The van der Waals surface area contributed by atoms with Gasteiger partial charge in [0.1, 0.15) is 5.82 Å². The van der Waals surface area contributed by atoms with Gasteiger partial charge in [-0.25, -0.2) is 12.8 Å². The van der Waals surface area contributed by atoms with Crippen molar-refractivity contribution in [2.45, 2.75) is 5.75 Å². The highest BCUT2D eigenvalue weighted by atomic mass is 79.9. The van der Waals surface area contributed by atoms with E-state index in [0.717, 1.165) is 4.47 Å². The zero-order valence-corrected chi connectivity index (χ0v) is 12.2. The Morgan fingerprint density at radius 2 is 1.68 bits per heavy atom. The molecule has 0 aliphatic rings. The maximum Gasteiger partial charge on any atom is 0.237 e. The number of hydrogen-bond acceptors (Lipinski definition) is 2. The van der Waals surface area contributed by atoms with E-state index in [-0.39, 0.29) is 11.4 Å². The van der Waals surface area contributed by atoms with Crippen molar-refractivity contribution in [1.29, 1.82) is 0 Å². The molecule has 0 spiro atoms. The minimum Gasteiger partial charge on any atom is -0.280 e. The Labute approximate surface area is 119 Å². The maximum atomic E-state index is 13.4. The monoisotopic (exact) mass is 343 g/mol. The summed E-state index contributed by atoms with van der Waals surface area (Å²) < 4.78 is 40.3. The van der Waals surface area contributed by atoms with Crippen LogP contribution in [0.25, 0.3) is 0 Å². The van der Waals surface area contributed by atoms with E-state index in [1.54, 1.807) is 30.3 Å². The van der Waals surface area contributed by atoms with Crippen LogP contribution in [0.15, 0.2) is 53.0 Å². The van der Waals surface area contributed by atoms with Gasteiger partial charge in [0.25, 0.3) is 0 Å². The number of anilines is 1. The first-order valence-corrected chi connectivity index (χ1v) is 7.90. The van der Waals surface area contributed by atoms with Crippen molar-refractivity contribution in [2.24, 2.45) is 0 Å². The fourth-order valence-corrected chi connectivity index (χ4v) is 3.02. The van der Waals surface area contributed by atoms with Crippen LogP contribution in [0.4, 0.5) is 10.1 Å². The summed E-state index contributed by atoms with van der Waals surface area (Å²) in [4.78, 5) is 0. The first-order valence-electron chi connectivity index (χ1n) is 5.46. The molecule has 2 aromatic rings. The molecule has 0 saturated carbocycles. The van der Waals surface area contributed by atoms with Crippen LogP contribution < -0.4 is 4.72 Å². The topological polar surface area (TPSA) is 46.2 Å². The number of rotatable bonds is 4. The summed E-state index contributed by atoms with van der Waals surface area (Å²) in [5, 5.41) is 0. The van der Waals surface area contributed by atoms with Crippen LogP contribution in [-0.2, 0) is 15.8 Å². The van der Waals surface area contributed by atoms with Crippen LogP contribution in [0.2, 0.25) is 0 Å². The van der Waals surface area contributed by atoms with E-state index in [2.05, 4.69) is 20.7 Å². The van der Waals surface area contributed by atoms with Crippen molar-refractivity contribution < 1.29 is 12.8 Å². The van der Waals surface area contributed by atoms with E-state index >= 15 is 0 Å². The number of halogens is 2. The number of benzene rings is 2. The average Bonchev–Trinajstić information content (AvgIpc) is 2.35. The molecule has 3 nitrogen and oxygen atoms in total. The minimum atomic E-state index is -3.63. The number of para-hydroxylation sites is 1. The van der Waals surface area contributed by atoms with Gasteiger partial charge in [-0.3, -0.25) is 4.72 Å². The van der Waals surface area contributed by atoms with Gasteiger partial charge >= 0.3 is 0 Å². The van der Waals surface area contributed by atoms with Crippen molar-refractivity contribution in [3.63, 3.8) is 0 Å². The van der Waals surface area contributed by atoms with E-state index in [0.29, 0.717) is 5.56 Å². The normalized spacial score (nSPS) is 11.3. The molecular formula is C13H11BrFNO2S. The van der Waals surface area contributed by atoms with E-state index < -0.39 is 15.8 Å². The molecule has 0 atom stereocenters. The lowest BCUT2D eigenvalue weighted by Crippen LogP contribution is -2.15. The lowest BCUT2D eigenvalue weighted by molar-refractivity contribution is 0.598. The number of nitrogens with one attached hydrogen (secondary N) is 1. The zero-order chi connectivity index (χ0) is 13.9. The summed E-state index contributed by atoms with van der Waals surface area (Å²) in [5.74, 6) is -0.795. The fourth-order valence-electron chi connectivity index (χ4n) is 1.55. The molecule has 0 unspecified atom stereocenters. The van der Waals surface area contributed by atoms with Gasteiger partial charge in [-0.05, 0) is 29.8 Å². The zero-order valence-electron chi connectivity index (χ0n) is 9.81. The molecule has 2 rings (SSSR count). The summed E-state index contributed by atoms with van der Waals surface area (Å²) >= 11 is 3.27. The van der Waals surface area contributed by atoms with Gasteiger partial charge in [-0.1, -0.05) is 40.2 Å². The minimum absolute atomic E-state index is 0.0420. The van der Waals surface area contributed by atoms with E-state index in [9.17, 15) is 12.8 Å². The molecule has 0 heterocycles. The van der Waals surface area contributed by atoms with Crippen molar-refractivity contribution in [3.05, 3.63) is 64.4 Å². The average molecular weight is 344 g/mol. The molecule has 0 saturated heterocycles. The van der Waals surface area contributed by atoms with E-state index in [4.69, 9.17) is 0 Å². The molecule has 0 aromatic heterocycles. The Kier molecular flexibility index (Phi) is 4.21. The Morgan fingerprint density at radius 3 is 2.32 bits per heavy atom. The van der Waals surface area contributed by atoms with Gasteiger partial charge in [0.15, 0.2) is 0 Å². The Hall–Kier alpha value is -1.40. The van der Waals surface area contributed by atoms with E-state index in [1.165, 1.54) is 18.2 Å². The molecule has 0 amide bonds. The highest BCUT2D eigenvalue weighted by Crippen LogP contribution is 2.17. The van der Waals surface area contributed by atoms with Gasteiger partial charge in [-0.15, -0.1) is 0 Å². The molecule has 2 aromatic carbocycles. The van der Waals surface area contributed by atoms with Gasteiger partial charge in [0, 0.05) is 4.47 Å². The second kappa shape index (κ2) is 5.71. The predicted molar refractivity (Wildman–Crippen MR) is 76.8 cm³/mol. The third-order valence-corrected chi connectivity index (χ3v) is 4.18. The fraction of sp³-hybridized carbons (Fsp3) is 0.0769. The van der Waals surface area contributed by atoms with Gasteiger partial charge in [-0.2, -0.15) is 0 Å². The summed E-state index contributed by atoms with van der Waals surface area (Å²) in [5.41, 5.74) is 0.589. The van der Waals surface area contributed by atoms with Crippen molar-refractivity contribution in [1.82, 2.24) is 0 Å². The largest absolute Gasteiger partial charge is 0.280 e. The lowest BCUT2D eigenvalue weighted by atomic mass is 10.2. The summed E-state index contributed by atoms with van der Waals surface area (Å²) in [6, 6.07) is 12.6. The second-order valence-corrected chi connectivity index (χ2v) is 6.61. The summed E-state index contributed by atoms with van der Waals surface area (Å²) in [6.07, 6.45) is 0. The first-order chi connectivity index (χ1) is 8.96. The van der Waals surface area contributed by atoms with E-state index in [1.807, 2.05) is 0 Å². The van der Waals surface area contributed by atoms with Crippen molar-refractivity contribution >= 4 is 31.6 Å². The molecule has 6 heteroatoms. The molecule has 19 heavy (non-hydrogen) atoms. The molecule has 1 N–H and O–H groups in total. The van der Waals surface area contributed by atoms with Gasteiger partial charge in [0.2, 0.25) is 10.0 Å². The number of hydrogen-bond donors (Lipinski definition) is 1. The molecule has 0 bridgehead atoms. The highest BCUT2D eigenvalue weighted by Gasteiger charge is 2.13. The molecule has 0 fully saturated rings. The smallest absolute Gasteiger partial charge is 0.237 e. The van der Waals surface area contributed by atoms with Gasteiger partial charge in [0.05, 0.1) is 11.4 Å². The molecule has 0 aliphatic heterocycles. The summed E-state index contributed by atoms with van der Waals surface area (Å²) in [7, 11) is -3.63. The summed E-state index contributed by atoms with van der Waals surface area (Å²) in [6.45, 7) is 0. The van der Waals surface area contributed by atoms with Crippen molar-refractivity contribution in [3.8, 4) is 0 Å². The van der Waals surface area contributed by atoms with Crippen LogP contribution in [0, 0.1) is 5.82 Å². The Bertz CT molecular complexity index is 671. The third-order valence-electron chi connectivity index (χ3n) is 2.41. The van der Waals surface area contributed by atoms with Crippen LogP contribution in [-0.4, -0.2) is 8.42 Å². The Balaban J connectivity index is 2.15. The Morgan fingerprint density at radius 1 is 1.05 bits per heavy atom. The quantitative estimate of drug-likeness (QED) is 0.922. The first kappa shape index (κ1) is 14.0. The second-order valence-electron chi connectivity index (χ2n) is 3.97.